The SMILES string of the molecule is CCCCCCCCCCCCCCN1CCN(CCCCCCCCCCCCCC)CCN(CCCCCCCCCCCCCC)CCN(CCCCCCCCCCCCCC)CCN(CCCCCCCCCCCCCC)CCN(CCCCCCCCCCCCCC)CC1. The highest BCUT2D eigenvalue weighted by molar-refractivity contribution is 4.75. The Balaban J connectivity index is 3.54. The summed E-state index contributed by atoms with van der Waals surface area (Å²) in [4.78, 5) is 18.1. The molecule has 0 aliphatic carbocycles. The van der Waals surface area contributed by atoms with Crippen LogP contribution in [0.2, 0.25) is 0 Å². The summed E-state index contributed by atoms with van der Waals surface area (Å²) in [5.74, 6) is 0. The van der Waals surface area contributed by atoms with Crippen LogP contribution < -0.4 is 0 Å². The molecule has 0 bridgehead atoms. The molecule has 1 fully saturated rings. The van der Waals surface area contributed by atoms with E-state index >= 15 is 0 Å². The van der Waals surface area contributed by atoms with E-state index in [-0.39, 0.29) is 0 Å². The van der Waals surface area contributed by atoms with Gasteiger partial charge in [-0.05, 0) is 77.8 Å². The van der Waals surface area contributed by atoms with Gasteiger partial charge in [0.25, 0.3) is 0 Å². The molecule has 1 saturated heterocycles. The molecule has 1 rings (SSSR count). The normalized spacial score (nSPS) is 15.4. The van der Waals surface area contributed by atoms with E-state index in [1.54, 1.807) is 0 Å². The maximum Gasteiger partial charge on any atom is 0.0110 e. The second kappa shape index (κ2) is 86.4. The highest BCUT2D eigenvalue weighted by atomic mass is 15.3. The van der Waals surface area contributed by atoms with Crippen molar-refractivity contribution in [3.05, 3.63) is 0 Å². The maximum absolute atomic E-state index is 3.02. The fourth-order valence-corrected chi connectivity index (χ4v) is 16.8. The van der Waals surface area contributed by atoms with Gasteiger partial charge in [0.1, 0.15) is 0 Å². The van der Waals surface area contributed by atoms with Crippen LogP contribution in [0.3, 0.4) is 0 Å². The van der Waals surface area contributed by atoms with Crippen LogP contribution in [0.1, 0.15) is 504 Å². The zero-order valence-corrected chi connectivity index (χ0v) is 72.3. The van der Waals surface area contributed by atoms with Crippen molar-refractivity contribution in [2.75, 3.05) is 118 Å². The van der Waals surface area contributed by atoms with E-state index in [9.17, 15) is 0 Å². The minimum Gasteiger partial charge on any atom is -0.301 e. The Kier molecular flexibility index (Phi) is 84.5. The van der Waals surface area contributed by atoms with Gasteiger partial charge in [-0.15, -0.1) is 0 Å². The number of rotatable bonds is 78. The number of hydrogen-bond donors (Lipinski definition) is 0. The lowest BCUT2D eigenvalue weighted by Crippen LogP contribution is -2.46. The van der Waals surface area contributed by atoms with Gasteiger partial charge in [-0.2, -0.15) is 0 Å². The summed E-state index contributed by atoms with van der Waals surface area (Å²) in [6, 6.07) is 0. The molecule has 0 unspecified atom stereocenters. The zero-order chi connectivity index (χ0) is 73.1. The molecule has 102 heavy (non-hydrogen) atoms. The van der Waals surface area contributed by atoms with Crippen molar-refractivity contribution in [1.29, 1.82) is 0 Å². The van der Waals surface area contributed by atoms with E-state index in [2.05, 4.69) is 70.9 Å². The number of unbranched alkanes of at least 4 members (excludes halogenated alkanes) is 66. The van der Waals surface area contributed by atoms with Crippen LogP contribution in [-0.2, 0) is 0 Å². The molecule has 0 N–H and O–H groups in total. The first-order valence-electron chi connectivity index (χ1n) is 48.9. The van der Waals surface area contributed by atoms with E-state index in [1.807, 2.05) is 0 Å². The van der Waals surface area contributed by atoms with E-state index < -0.39 is 0 Å². The van der Waals surface area contributed by atoms with Crippen LogP contribution in [0, 0.1) is 0 Å². The Morgan fingerprint density at radius 3 is 0.245 bits per heavy atom. The molecule has 1 heterocycles. The third-order valence-corrected chi connectivity index (χ3v) is 24.4. The molecular formula is C96H198N6. The summed E-state index contributed by atoms with van der Waals surface area (Å²) in [7, 11) is 0. The van der Waals surface area contributed by atoms with Gasteiger partial charge >= 0.3 is 0 Å². The van der Waals surface area contributed by atoms with Crippen molar-refractivity contribution >= 4 is 0 Å². The molecule has 6 nitrogen and oxygen atoms in total. The summed E-state index contributed by atoms with van der Waals surface area (Å²) >= 11 is 0. The van der Waals surface area contributed by atoms with Crippen molar-refractivity contribution in [3.8, 4) is 0 Å². The highest BCUT2D eigenvalue weighted by Gasteiger charge is 2.19. The van der Waals surface area contributed by atoms with E-state index in [0.717, 1.165) is 0 Å². The molecule has 0 spiro atoms. The summed E-state index contributed by atoms with van der Waals surface area (Å²) in [5.41, 5.74) is 0. The van der Waals surface area contributed by atoms with Gasteiger partial charge in [-0.25, -0.2) is 0 Å². The van der Waals surface area contributed by atoms with Crippen molar-refractivity contribution in [2.45, 2.75) is 504 Å². The summed E-state index contributed by atoms with van der Waals surface area (Å²) in [5, 5.41) is 0. The lowest BCUT2D eigenvalue weighted by atomic mass is 10.0. The minimum absolute atomic E-state index is 1.26. The van der Waals surface area contributed by atoms with Gasteiger partial charge in [-0.1, -0.05) is 465 Å². The Labute approximate surface area is 647 Å². The second-order valence-electron chi connectivity index (χ2n) is 34.4. The largest absolute Gasteiger partial charge is 0.301 e. The smallest absolute Gasteiger partial charge is 0.0110 e. The summed E-state index contributed by atoms with van der Waals surface area (Å²) in [6.45, 7) is 37.1. The first kappa shape index (κ1) is 99.8. The van der Waals surface area contributed by atoms with Crippen molar-refractivity contribution in [3.63, 3.8) is 0 Å². The van der Waals surface area contributed by atoms with Crippen molar-refractivity contribution in [2.24, 2.45) is 0 Å². The van der Waals surface area contributed by atoms with Crippen molar-refractivity contribution in [1.82, 2.24) is 29.4 Å². The highest BCUT2D eigenvalue weighted by Crippen LogP contribution is 2.20. The summed E-state index contributed by atoms with van der Waals surface area (Å²) in [6.07, 6.45) is 104. The lowest BCUT2D eigenvalue weighted by Gasteiger charge is -2.34. The van der Waals surface area contributed by atoms with Crippen LogP contribution >= 0.6 is 0 Å². The fraction of sp³-hybridized carbons (Fsp3) is 1.00. The standard InChI is InChI=1S/C96H198N6/c1-7-13-19-25-31-37-43-49-55-61-67-73-79-97-85-87-98(80-74-68-62-56-50-44-38-32-26-20-14-8-2)89-91-100(82-76-70-64-58-52-46-40-34-28-22-16-10-4)93-95-102(84-78-72-66-60-54-48-42-36-30-24-18-12-6)96-94-101(83-77-71-65-59-53-47-41-35-29-23-17-11-5)92-90-99(88-86-97)81-75-69-63-57-51-45-39-33-27-21-15-9-3/h7-96H2,1-6H3. The molecule has 612 valence electrons. The Bertz CT molecular complexity index is 1190. The van der Waals surface area contributed by atoms with Gasteiger partial charge < -0.3 is 29.4 Å². The Morgan fingerprint density at radius 2 is 0.167 bits per heavy atom. The van der Waals surface area contributed by atoms with Crippen LogP contribution in [0.4, 0.5) is 0 Å². The van der Waals surface area contributed by atoms with E-state index in [1.165, 1.54) is 580 Å². The average molecular weight is 1440 g/mol. The van der Waals surface area contributed by atoms with Crippen LogP contribution in [0.5, 0.6) is 0 Å². The van der Waals surface area contributed by atoms with Gasteiger partial charge in [0.15, 0.2) is 0 Å². The molecule has 1 aliphatic rings. The van der Waals surface area contributed by atoms with Gasteiger partial charge in [-0.3, -0.25) is 0 Å². The molecule has 0 amide bonds. The molecule has 0 aromatic carbocycles. The molecule has 0 aromatic heterocycles. The number of hydrogen-bond acceptors (Lipinski definition) is 6. The van der Waals surface area contributed by atoms with E-state index in [0.29, 0.717) is 0 Å². The fourth-order valence-electron chi connectivity index (χ4n) is 16.8. The van der Waals surface area contributed by atoms with Crippen LogP contribution in [-0.4, -0.2) is 147 Å². The Morgan fingerprint density at radius 1 is 0.0980 bits per heavy atom. The summed E-state index contributed by atoms with van der Waals surface area (Å²) < 4.78 is 0. The maximum atomic E-state index is 3.02. The molecular weight excluding hydrogens is 1240 g/mol. The molecule has 1 aliphatic heterocycles. The third-order valence-electron chi connectivity index (χ3n) is 24.4. The van der Waals surface area contributed by atoms with Crippen LogP contribution in [0.15, 0.2) is 0 Å². The quantitative estimate of drug-likeness (QED) is 0.0561. The lowest BCUT2D eigenvalue weighted by molar-refractivity contribution is 0.129. The van der Waals surface area contributed by atoms with Gasteiger partial charge in [0.2, 0.25) is 0 Å². The molecule has 0 aromatic rings. The average Bonchev–Trinajstić information content (AvgIpc) is 0.976. The van der Waals surface area contributed by atoms with Crippen molar-refractivity contribution < 1.29 is 0 Å². The van der Waals surface area contributed by atoms with Gasteiger partial charge in [0.05, 0.1) is 0 Å². The van der Waals surface area contributed by atoms with E-state index in [4.69, 9.17) is 0 Å². The first-order chi connectivity index (χ1) is 50.6. The molecule has 0 atom stereocenters. The predicted octanol–water partition coefficient (Wildman–Crippen LogP) is 30.0. The third kappa shape index (κ3) is 75.2. The monoisotopic (exact) mass is 1440 g/mol. The second-order valence-corrected chi connectivity index (χ2v) is 34.4. The Hall–Kier alpha value is -0.240. The number of nitrogens with zero attached hydrogens (tertiary/aromatic N) is 6. The molecule has 0 saturated carbocycles. The minimum atomic E-state index is 1.26. The van der Waals surface area contributed by atoms with Crippen LogP contribution in [0.25, 0.3) is 0 Å². The molecule has 6 heteroatoms. The zero-order valence-electron chi connectivity index (χ0n) is 72.3. The molecule has 0 radical (unpaired) electrons. The van der Waals surface area contributed by atoms with Gasteiger partial charge in [0, 0.05) is 78.5 Å². The topological polar surface area (TPSA) is 19.4 Å². The predicted molar refractivity (Wildman–Crippen MR) is 465 cm³/mol. The first-order valence-corrected chi connectivity index (χ1v) is 48.9.